The smallest absolute Gasteiger partial charge is 0.133 e. The van der Waals surface area contributed by atoms with Gasteiger partial charge in [-0.15, -0.1) is 0 Å². The summed E-state index contributed by atoms with van der Waals surface area (Å²) in [7, 11) is 0. The molecule has 0 bridgehead atoms. The van der Waals surface area contributed by atoms with Crippen LogP contribution in [0, 0.1) is 12.7 Å². The molecule has 0 aliphatic carbocycles. The molecule has 0 aliphatic heterocycles. The van der Waals surface area contributed by atoms with Gasteiger partial charge in [0, 0.05) is 17.5 Å². The highest BCUT2D eigenvalue weighted by Crippen LogP contribution is 2.32. The predicted molar refractivity (Wildman–Crippen MR) is 50.3 cm³/mol. The van der Waals surface area contributed by atoms with Gasteiger partial charge in [-0.05, 0) is 28.9 Å². The molecule has 1 aromatic rings. The summed E-state index contributed by atoms with van der Waals surface area (Å²) in [5.41, 5.74) is 0.636. The molecular formula is C9H8BrFO2. The van der Waals surface area contributed by atoms with Crippen molar-refractivity contribution in [1.82, 2.24) is 0 Å². The number of halogens is 2. The van der Waals surface area contributed by atoms with Crippen molar-refractivity contribution in [3.05, 3.63) is 27.5 Å². The fourth-order valence-electron chi connectivity index (χ4n) is 0.998. The van der Waals surface area contributed by atoms with Crippen molar-refractivity contribution < 1.29 is 14.3 Å². The summed E-state index contributed by atoms with van der Waals surface area (Å²) in [6.07, 6.45) is 0.637. The highest BCUT2D eigenvalue weighted by molar-refractivity contribution is 9.10. The number of phenols is 1. The molecular weight excluding hydrogens is 239 g/mol. The van der Waals surface area contributed by atoms with Crippen LogP contribution in [0.15, 0.2) is 10.5 Å². The number of carbonyl (C=O) groups excluding carboxylic acids is 1. The number of hydrogen-bond donors (Lipinski definition) is 1. The Morgan fingerprint density at radius 2 is 2.31 bits per heavy atom. The molecule has 0 saturated carbocycles. The molecule has 4 heteroatoms. The average molecular weight is 247 g/mol. The van der Waals surface area contributed by atoms with Crippen LogP contribution in [0.5, 0.6) is 5.75 Å². The summed E-state index contributed by atoms with van der Waals surface area (Å²) in [6, 6.07) is 1.17. The lowest BCUT2D eigenvalue weighted by Gasteiger charge is -2.07. The zero-order valence-corrected chi connectivity index (χ0v) is 8.56. The van der Waals surface area contributed by atoms with E-state index < -0.39 is 5.82 Å². The molecule has 1 aromatic carbocycles. The van der Waals surface area contributed by atoms with Crippen LogP contribution in [0.25, 0.3) is 0 Å². The van der Waals surface area contributed by atoms with Crippen LogP contribution in [0.1, 0.15) is 11.1 Å². The van der Waals surface area contributed by atoms with E-state index in [0.29, 0.717) is 21.9 Å². The van der Waals surface area contributed by atoms with Gasteiger partial charge >= 0.3 is 0 Å². The van der Waals surface area contributed by atoms with Crippen molar-refractivity contribution in [2.75, 3.05) is 0 Å². The van der Waals surface area contributed by atoms with E-state index in [1.165, 1.54) is 6.07 Å². The highest BCUT2D eigenvalue weighted by Gasteiger charge is 2.12. The predicted octanol–water partition coefficient (Wildman–Crippen LogP) is 2.34. The third-order valence-corrected chi connectivity index (χ3v) is 2.77. The van der Waals surface area contributed by atoms with E-state index in [1.54, 1.807) is 6.92 Å². The van der Waals surface area contributed by atoms with E-state index in [2.05, 4.69) is 15.9 Å². The van der Waals surface area contributed by atoms with Gasteiger partial charge in [0.25, 0.3) is 0 Å². The van der Waals surface area contributed by atoms with Crippen LogP contribution in [-0.4, -0.2) is 11.4 Å². The molecule has 0 heterocycles. The molecule has 0 amide bonds. The molecule has 2 nitrogen and oxygen atoms in total. The third kappa shape index (κ3) is 1.88. The largest absolute Gasteiger partial charge is 0.506 e. The minimum atomic E-state index is -0.429. The first-order chi connectivity index (χ1) is 6.07. The van der Waals surface area contributed by atoms with Crippen molar-refractivity contribution in [2.45, 2.75) is 13.3 Å². The van der Waals surface area contributed by atoms with Gasteiger partial charge < -0.3 is 9.90 Å². The quantitative estimate of drug-likeness (QED) is 0.814. The summed E-state index contributed by atoms with van der Waals surface area (Å²) in [5.74, 6) is -0.493. The maximum Gasteiger partial charge on any atom is 0.133 e. The van der Waals surface area contributed by atoms with Gasteiger partial charge in [-0.2, -0.15) is 0 Å². The van der Waals surface area contributed by atoms with E-state index in [-0.39, 0.29) is 12.2 Å². The second kappa shape index (κ2) is 3.87. The average Bonchev–Trinajstić information content (AvgIpc) is 2.11. The lowest BCUT2D eigenvalue weighted by molar-refractivity contribution is -0.107. The number of carbonyl (C=O) groups is 1. The molecule has 0 fully saturated rings. The molecule has 0 radical (unpaired) electrons. The van der Waals surface area contributed by atoms with Gasteiger partial charge in [0.05, 0.1) is 4.47 Å². The first-order valence-corrected chi connectivity index (χ1v) is 4.47. The molecule has 1 rings (SSSR count). The summed E-state index contributed by atoms with van der Waals surface area (Å²) in [4.78, 5) is 10.2. The van der Waals surface area contributed by atoms with Gasteiger partial charge in [-0.25, -0.2) is 4.39 Å². The Bertz CT molecular complexity index is 350. The van der Waals surface area contributed by atoms with Crippen molar-refractivity contribution in [1.29, 1.82) is 0 Å². The third-order valence-electron chi connectivity index (χ3n) is 1.80. The number of phenolic OH excluding ortho intramolecular Hbond substituents is 1. The minimum Gasteiger partial charge on any atom is -0.506 e. The Labute approximate surface area is 83.5 Å². The van der Waals surface area contributed by atoms with Crippen LogP contribution in [0.3, 0.4) is 0 Å². The number of benzene rings is 1. The molecule has 0 spiro atoms. The highest BCUT2D eigenvalue weighted by atomic mass is 79.9. The maximum atomic E-state index is 13.1. The normalized spacial score (nSPS) is 10.1. The van der Waals surface area contributed by atoms with E-state index in [9.17, 15) is 14.3 Å². The zero-order chi connectivity index (χ0) is 10.0. The van der Waals surface area contributed by atoms with E-state index in [4.69, 9.17) is 0 Å². The van der Waals surface area contributed by atoms with Crippen LogP contribution in [0.2, 0.25) is 0 Å². The number of aldehydes is 1. The molecule has 0 aromatic heterocycles. The van der Waals surface area contributed by atoms with Crippen molar-refractivity contribution in [3.63, 3.8) is 0 Å². The lowest BCUT2D eigenvalue weighted by atomic mass is 10.1. The summed E-state index contributed by atoms with van der Waals surface area (Å²) < 4.78 is 13.4. The molecule has 0 aliphatic rings. The summed E-state index contributed by atoms with van der Waals surface area (Å²) in [6.45, 7) is 1.55. The van der Waals surface area contributed by atoms with Crippen LogP contribution in [0.4, 0.5) is 4.39 Å². The molecule has 0 unspecified atom stereocenters. The first-order valence-electron chi connectivity index (χ1n) is 3.68. The second-order valence-electron chi connectivity index (χ2n) is 2.68. The van der Waals surface area contributed by atoms with E-state index >= 15 is 0 Å². The van der Waals surface area contributed by atoms with Crippen LogP contribution in [-0.2, 0) is 11.2 Å². The van der Waals surface area contributed by atoms with Crippen molar-refractivity contribution >= 4 is 22.2 Å². The van der Waals surface area contributed by atoms with Gasteiger partial charge in [0.2, 0.25) is 0 Å². The standard InChI is InChI=1S/C9H8BrFO2/c1-5-7(11)4-6(2-3-12)9(13)8(5)10/h3-4,13H,2H2,1H3. The number of hydrogen-bond acceptors (Lipinski definition) is 2. The fourth-order valence-corrected chi connectivity index (χ4v) is 1.44. The Morgan fingerprint density at radius 3 is 2.85 bits per heavy atom. The Balaban J connectivity index is 3.31. The minimum absolute atomic E-state index is 0.0155. The zero-order valence-electron chi connectivity index (χ0n) is 6.97. The van der Waals surface area contributed by atoms with Crippen LogP contribution < -0.4 is 0 Å². The molecule has 1 N–H and O–H groups in total. The lowest BCUT2D eigenvalue weighted by Crippen LogP contribution is -1.93. The Kier molecular flexibility index (Phi) is 3.03. The number of aromatic hydroxyl groups is 1. The fraction of sp³-hybridized carbons (Fsp3) is 0.222. The molecule has 0 saturated heterocycles. The van der Waals surface area contributed by atoms with Gasteiger partial charge in [0.1, 0.15) is 17.9 Å². The molecule has 0 atom stereocenters. The van der Waals surface area contributed by atoms with Crippen molar-refractivity contribution in [2.24, 2.45) is 0 Å². The summed E-state index contributed by atoms with van der Waals surface area (Å²) in [5, 5.41) is 9.46. The van der Waals surface area contributed by atoms with Gasteiger partial charge in [-0.1, -0.05) is 0 Å². The van der Waals surface area contributed by atoms with E-state index in [0.717, 1.165) is 0 Å². The molecule has 70 valence electrons. The Hall–Kier alpha value is -0.900. The van der Waals surface area contributed by atoms with Crippen molar-refractivity contribution in [3.8, 4) is 5.75 Å². The maximum absolute atomic E-state index is 13.1. The molecule has 13 heavy (non-hydrogen) atoms. The van der Waals surface area contributed by atoms with Gasteiger partial charge in [-0.3, -0.25) is 0 Å². The van der Waals surface area contributed by atoms with E-state index in [1.807, 2.05) is 0 Å². The second-order valence-corrected chi connectivity index (χ2v) is 3.47. The summed E-state index contributed by atoms with van der Waals surface area (Å²) >= 11 is 3.04. The monoisotopic (exact) mass is 246 g/mol. The number of rotatable bonds is 2. The van der Waals surface area contributed by atoms with Crippen LogP contribution >= 0.6 is 15.9 Å². The first kappa shape index (κ1) is 10.2. The topological polar surface area (TPSA) is 37.3 Å². The SMILES string of the molecule is Cc1c(F)cc(CC=O)c(O)c1Br. The van der Waals surface area contributed by atoms with Gasteiger partial charge in [0.15, 0.2) is 0 Å². The Morgan fingerprint density at radius 1 is 1.69 bits per heavy atom.